The second-order valence-electron chi connectivity index (χ2n) is 6.18. The van der Waals surface area contributed by atoms with Crippen LogP contribution in [0.2, 0.25) is 0 Å². The van der Waals surface area contributed by atoms with Gasteiger partial charge in [0.05, 0.1) is 0 Å². The highest BCUT2D eigenvalue weighted by Crippen LogP contribution is 2.12. The second-order valence-corrected chi connectivity index (χ2v) is 6.18. The maximum Gasteiger partial charge on any atom is 0.320 e. The fourth-order valence-electron chi connectivity index (χ4n) is 2.53. The minimum absolute atomic E-state index is 0. The van der Waals surface area contributed by atoms with Gasteiger partial charge < -0.3 is 20.9 Å². The third-order valence-corrected chi connectivity index (χ3v) is 3.65. The van der Waals surface area contributed by atoms with Gasteiger partial charge in [0.2, 0.25) is 5.91 Å². The molecule has 3 N–H and O–H groups in total. The summed E-state index contributed by atoms with van der Waals surface area (Å²) in [6.45, 7) is 7.60. The Morgan fingerprint density at radius 3 is 2.52 bits per heavy atom. The first-order valence-corrected chi connectivity index (χ1v) is 7.55. The van der Waals surface area contributed by atoms with Crippen molar-refractivity contribution in [3.8, 4) is 0 Å². The summed E-state index contributed by atoms with van der Waals surface area (Å²) >= 11 is 0. The fraction of sp³-hybridized carbons (Fsp3) is 0.500. The van der Waals surface area contributed by atoms with Crippen molar-refractivity contribution in [3.63, 3.8) is 0 Å². The number of para-hydroxylation sites is 1. The van der Waals surface area contributed by atoms with Gasteiger partial charge in [-0.3, -0.25) is 4.79 Å². The van der Waals surface area contributed by atoms with Gasteiger partial charge in [-0.2, -0.15) is 0 Å². The number of nitrogens with zero attached hydrogens (tertiary/aromatic N) is 1. The molecule has 0 aliphatic carbocycles. The highest BCUT2D eigenvalue weighted by Gasteiger charge is 2.35. The number of anilines is 1. The lowest BCUT2D eigenvalue weighted by atomic mass is 10.0. The van der Waals surface area contributed by atoms with Crippen LogP contribution in [0.15, 0.2) is 30.3 Å². The molecule has 0 spiro atoms. The largest absolute Gasteiger partial charge is 0.338 e. The van der Waals surface area contributed by atoms with E-state index in [1.165, 1.54) is 0 Å². The Morgan fingerprint density at radius 2 is 1.91 bits per heavy atom. The van der Waals surface area contributed by atoms with E-state index in [2.05, 4.69) is 16.0 Å². The number of urea groups is 1. The van der Waals surface area contributed by atoms with Crippen LogP contribution >= 0.6 is 12.4 Å². The lowest BCUT2D eigenvalue weighted by molar-refractivity contribution is -0.137. The first-order chi connectivity index (χ1) is 10.4. The molecule has 1 fully saturated rings. The summed E-state index contributed by atoms with van der Waals surface area (Å²) in [5.41, 5.74) is -0.255. The second kappa shape index (κ2) is 8.17. The van der Waals surface area contributed by atoms with Crippen molar-refractivity contribution in [2.45, 2.75) is 32.4 Å². The van der Waals surface area contributed by atoms with Crippen LogP contribution in [-0.4, -0.2) is 48.1 Å². The highest BCUT2D eigenvalue weighted by atomic mass is 35.5. The zero-order chi connectivity index (χ0) is 16.2. The molecule has 7 heteroatoms. The summed E-state index contributed by atoms with van der Waals surface area (Å²) in [7, 11) is 0. The van der Waals surface area contributed by atoms with Gasteiger partial charge in [-0.05, 0) is 32.9 Å². The molecule has 0 aromatic heterocycles. The summed E-state index contributed by atoms with van der Waals surface area (Å²) in [6.07, 6.45) is 0. The summed E-state index contributed by atoms with van der Waals surface area (Å²) in [5.74, 6) is -0.0657. The molecular formula is C16H25ClN4O2. The van der Waals surface area contributed by atoms with Crippen molar-refractivity contribution in [2.24, 2.45) is 0 Å². The SMILES string of the molecule is CC1CN(C(=O)C(C)(C)NC(=O)Nc2ccccc2)CCN1.Cl. The minimum Gasteiger partial charge on any atom is -0.338 e. The van der Waals surface area contributed by atoms with Gasteiger partial charge in [-0.15, -0.1) is 12.4 Å². The van der Waals surface area contributed by atoms with Gasteiger partial charge in [0.25, 0.3) is 0 Å². The zero-order valence-electron chi connectivity index (χ0n) is 13.8. The molecule has 1 heterocycles. The quantitative estimate of drug-likeness (QED) is 0.786. The lowest BCUT2D eigenvalue weighted by Crippen LogP contribution is -2.61. The van der Waals surface area contributed by atoms with Gasteiger partial charge in [-0.1, -0.05) is 18.2 Å². The fourth-order valence-corrected chi connectivity index (χ4v) is 2.53. The molecule has 1 aromatic carbocycles. The molecule has 1 atom stereocenters. The van der Waals surface area contributed by atoms with Crippen molar-refractivity contribution in [1.29, 1.82) is 0 Å². The van der Waals surface area contributed by atoms with Gasteiger partial charge in [0.1, 0.15) is 5.54 Å². The van der Waals surface area contributed by atoms with Crippen LogP contribution in [-0.2, 0) is 4.79 Å². The van der Waals surface area contributed by atoms with Gasteiger partial charge in [-0.25, -0.2) is 4.79 Å². The van der Waals surface area contributed by atoms with Crippen LogP contribution in [0, 0.1) is 0 Å². The molecule has 23 heavy (non-hydrogen) atoms. The maximum atomic E-state index is 12.6. The normalized spacial score (nSPS) is 17.9. The van der Waals surface area contributed by atoms with Gasteiger partial charge >= 0.3 is 6.03 Å². The summed E-state index contributed by atoms with van der Waals surface area (Å²) in [6, 6.07) is 9.04. The van der Waals surface area contributed by atoms with E-state index in [1.807, 2.05) is 25.1 Å². The van der Waals surface area contributed by atoms with Crippen molar-refractivity contribution >= 4 is 30.0 Å². The summed E-state index contributed by atoms with van der Waals surface area (Å²) < 4.78 is 0. The van der Waals surface area contributed by atoms with E-state index in [9.17, 15) is 9.59 Å². The number of hydrogen-bond acceptors (Lipinski definition) is 3. The molecule has 1 aliphatic heterocycles. The Morgan fingerprint density at radius 1 is 1.26 bits per heavy atom. The standard InChI is InChI=1S/C16H24N4O2.ClH/c1-12-11-20(10-9-17-12)14(21)16(2,3)19-15(22)18-13-7-5-4-6-8-13;/h4-8,12,17H,9-11H2,1-3H3,(H2,18,19,22);1H. The van der Waals surface area contributed by atoms with Crippen LogP contribution in [0.4, 0.5) is 10.5 Å². The van der Waals surface area contributed by atoms with Crippen molar-refractivity contribution < 1.29 is 9.59 Å². The van der Waals surface area contributed by atoms with E-state index < -0.39 is 5.54 Å². The van der Waals surface area contributed by atoms with E-state index in [0.29, 0.717) is 18.8 Å². The Hall–Kier alpha value is -1.79. The zero-order valence-corrected chi connectivity index (χ0v) is 14.6. The van der Waals surface area contributed by atoms with E-state index >= 15 is 0 Å². The van der Waals surface area contributed by atoms with Gasteiger partial charge in [0, 0.05) is 31.4 Å². The number of benzene rings is 1. The Labute approximate surface area is 143 Å². The number of carbonyl (C=O) groups excluding carboxylic acids is 2. The number of amides is 3. The Kier molecular flexibility index (Phi) is 6.84. The molecule has 0 bridgehead atoms. The predicted molar refractivity (Wildman–Crippen MR) is 94.0 cm³/mol. The summed E-state index contributed by atoms with van der Waals surface area (Å²) in [4.78, 5) is 26.5. The molecule has 1 saturated heterocycles. The molecule has 0 radical (unpaired) electrons. The topological polar surface area (TPSA) is 73.5 Å². The van der Waals surface area contributed by atoms with E-state index in [-0.39, 0.29) is 30.4 Å². The van der Waals surface area contributed by atoms with Crippen LogP contribution in [0.1, 0.15) is 20.8 Å². The van der Waals surface area contributed by atoms with E-state index in [4.69, 9.17) is 0 Å². The van der Waals surface area contributed by atoms with Crippen molar-refractivity contribution in [3.05, 3.63) is 30.3 Å². The highest BCUT2D eigenvalue weighted by molar-refractivity contribution is 5.95. The maximum absolute atomic E-state index is 12.6. The van der Waals surface area contributed by atoms with Crippen LogP contribution in [0.25, 0.3) is 0 Å². The molecular weight excluding hydrogens is 316 g/mol. The van der Waals surface area contributed by atoms with Crippen LogP contribution in [0.5, 0.6) is 0 Å². The summed E-state index contributed by atoms with van der Waals surface area (Å²) in [5, 5.41) is 8.78. The number of nitrogens with one attached hydrogen (secondary N) is 3. The van der Waals surface area contributed by atoms with Gasteiger partial charge in [0.15, 0.2) is 0 Å². The number of carbonyl (C=O) groups is 2. The number of halogens is 1. The smallest absolute Gasteiger partial charge is 0.320 e. The number of hydrogen-bond donors (Lipinski definition) is 3. The molecule has 6 nitrogen and oxygen atoms in total. The number of rotatable bonds is 3. The van der Waals surface area contributed by atoms with Crippen molar-refractivity contribution in [1.82, 2.24) is 15.5 Å². The average molecular weight is 341 g/mol. The first-order valence-electron chi connectivity index (χ1n) is 7.55. The van der Waals surface area contributed by atoms with Crippen LogP contribution < -0.4 is 16.0 Å². The average Bonchev–Trinajstić information content (AvgIpc) is 2.46. The molecule has 2 rings (SSSR count). The molecule has 0 saturated carbocycles. The minimum atomic E-state index is -0.948. The monoisotopic (exact) mass is 340 g/mol. The Balaban J connectivity index is 0.00000264. The first kappa shape index (κ1) is 19.3. The Bertz CT molecular complexity index is 536. The van der Waals surface area contributed by atoms with Crippen molar-refractivity contribution in [2.75, 3.05) is 25.0 Å². The predicted octanol–water partition coefficient (Wildman–Crippen LogP) is 1.83. The molecule has 1 aliphatic rings. The van der Waals surface area contributed by atoms with E-state index in [1.54, 1.807) is 30.9 Å². The molecule has 1 aromatic rings. The van der Waals surface area contributed by atoms with E-state index in [0.717, 1.165) is 6.54 Å². The lowest BCUT2D eigenvalue weighted by Gasteiger charge is -2.37. The number of piperazine rings is 1. The van der Waals surface area contributed by atoms with Crippen LogP contribution in [0.3, 0.4) is 0 Å². The third kappa shape index (κ3) is 5.41. The molecule has 1 unspecified atom stereocenters. The molecule has 3 amide bonds. The molecule has 128 valence electrons. The third-order valence-electron chi connectivity index (χ3n) is 3.65.